The lowest BCUT2D eigenvalue weighted by molar-refractivity contribution is -0.108. The van der Waals surface area contributed by atoms with Gasteiger partial charge < -0.3 is 19.4 Å². The van der Waals surface area contributed by atoms with E-state index < -0.39 is 0 Å². The normalized spacial score (nSPS) is 15.4. The molecule has 180 valence electrons. The molecule has 0 radical (unpaired) electrons. The van der Waals surface area contributed by atoms with Gasteiger partial charge in [0, 0.05) is 60.0 Å². The second kappa shape index (κ2) is 9.84. The number of hydrogen-bond acceptors (Lipinski definition) is 5. The first kappa shape index (κ1) is 23.6. The van der Waals surface area contributed by atoms with E-state index in [-0.39, 0.29) is 0 Å². The summed E-state index contributed by atoms with van der Waals surface area (Å²) in [6, 6.07) is 18.6. The van der Waals surface area contributed by atoms with Crippen LogP contribution in [0.2, 0.25) is 10.0 Å². The molecule has 5 nitrogen and oxygen atoms in total. The number of aldehydes is 1. The number of nitrogens with zero attached hydrogens (tertiary/aromatic N) is 3. The van der Waals surface area contributed by atoms with Crippen molar-refractivity contribution >= 4 is 46.6 Å². The third-order valence-corrected chi connectivity index (χ3v) is 6.98. The predicted molar refractivity (Wildman–Crippen MR) is 144 cm³/mol. The maximum atomic E-state index is 11.3. The number of benzene rings is 3. The molecule has 0 aliphatic carbocycles. The Labute approximate surface area is 216 Å². The molecule has 3 aromatic rings. The Bertz CT molecular complexity index is 1310. The van der Waals surface area contributed by atoms with E-state index in [9.17, 15) is 4.79 Å². The Morgan fingerprint density at radius 1 is 0.914 bits per heavy atom. The van der Waals surface area contributed by atoms with Gasteiger partial charge in [0.05, 0.1) is 6.54 Å². The van der Waals surface area contributed by atoms with E-state index in [2.05, 4.69) is 71.1 Å². The monoisotopic (exact) mass is 507 g/mol. The summed E-state index contributed by atoms with van der Waals surface area (Å²) in [6.45, 7) is 5.37. The number of carbonyl (C=O) groups excluding carboxylic acids is 1. The van der Waals surface area contributed by atoms with Crippen molar-refractivity contribution in [1.29, 1.82) is 0 Å². The van der Waals surface area contributed by atoms with Crippen LogP contribution in [0.15, 0.2) is 66.6 Å². The zero-order valence-electron chi connectivity index (χ0n) is 19.8. The molecule has 7 heteroatoms. The second-order valence-electron chi connectivity index (χ2n) is 9.08. The molecule has 35 heavy (non-hydrogen) atoms. The molecule has 0 unspecified atom stereocenters. The number of carbonyl (C=O) groups is 1. The smallest absolute Gasteiger partial charge is 0.186 e. The summed E-state index contributed by atoms with van der Waals surface area (Å²) in [5, 5.41) is 1.45. The van der Waals surface area contributed by atoms with Crippen molar-refractivity contribution in [2.75, 3.05) is 34.9 Å². The standard InChI is InChI=1S/C28H27Cl2N3O2/c1-19-3-6-27(32-9-10-35-25(17-32)18-34)20(11-19)15-33-16-22-13-23(29)4-7-26(22)31(2)14-21-12-24(30)5-8-28(21)33/h3-8,11-13,17-18H,9-10,14-16H2,1-2H3. The largest absolute Gasteiger partial charge is 0.487 e. The van der Waals surface area contributed by atoms with E-state index in [0.717, 1.165) is 39.9 Å². The van der Waals surface area contributed by atoms with Crippen LogP contribution >= 0.6 is 23.2 Å². The van der Waals surface area contributed by atoms with E-state index >= 15 is 0 Å². The van der Waals surface area contributed by atoms with Crippen molar-refractivity contribution in [3.8, 4) is 0 Å². The van der Waals surface area contributed by atoms with Crippen LogP contribution in [0.5, 0.6) is 0 Å². The molecule has 0 amide bonds. The summed E-state index contributed by atoms with van der Waals surface area (Å²) in [7, 11) is 2.10. The maximum absolute atomic E-state index is 11.3. The first-order valence-corrected chi connectivity index (χ1v) is 12.4. The molecule has 0 bridgehead atoms. The number of aryl methyl sites for hydroxylation is 1. The molecule has 0 atom stereocenters. The molecule has 0 N–H and O–H groups in total. The lowest BCUT2D eigenvalue weighted by atomic mass is 10.0. The average molecular weight is 508 g/mol. The minimum atomic E-state index is 0.348. The highest BCUT2D eigenvalue weighted by Gasteiger charge is 2.23. The number of rotatable bonds is 4. The van der Waals surface area contributed by atoms with E-state index in [1.807, 2.05) is 12.1 Å². The van der Waals surface area contributed by atoms with Crippen LogP contribution in [0.3, 0.4) is 0 Å². The van der Waals surface area contributed by atoms with E-state index in [1.54, 1.807) is 6.20 Å². The molecule has 2 aliphatic heterocycles. The molecule has 2 aliphatic rings. The van der Waals surface area contributed by atoms with Crippen LogP contribution in [0.1, 0.15) is 22.3 Å². The summed E-state index contributed by atoms with van der Waals surface area (Å²) >= 11 is 12.8. The van der Waals surface area contributed by atoms with Gasteiger partial charge in [-0.3, -0.25) is 4.79 Å². The highest BCUT2D eigenvalue weighted by atomic mass is 35.5. The van der Waals surface area contributed by atoms with Crippen molar-refractivity contribution in [3.63, 3.8) is 0 Å². The summed E-state index contributed by atoms with van der Waals surface area (Å²) in [6.07, 6.45) is 2.55. The average Bonchev–Trinajstić information content (AvgIpc) is 2.83. The predicted octanol–water partition coefficient (Wildman–Crippen LogP) is 6.34. The maximum Gasteiger partial charge on any atom is 0.186 e. The van der Waals surface area contributed by atoms with Gasteiger partial charge in [0.2, 0.25) is 0 Å². The Kier molecular flexibility index (Phi) is 6.63. The lowest BCUT2D eigenvalue weighted by Crippen LogP contribution is -2.31. The highest BCUT2D eigenvalue weighted by molar-refractivity contribution is 6.31. The zero-order valence-corrected chi connectivity index (χ0v) is 21.3. The van der Waals surface area contributed by atoms with Gasteiger partial charge >= 0.3 is 0 Å². The molecular formula is C28H27Cl2N3O2. The van der Waals surface area contributed by atoms with E-state index in [4.69, 9.17) is 27.9 Å². The Hall–Kier alpha value is -3.15. The molecule has 0 saturated heterocycles. The Morgan fingerprint density at radius 2 is 1.60 bits per heavy atom. The molecule has 0 spiro atoms. The molecule has 0 aromatic heterocycles. The van der Waals surface area contributed by atoms with Crippen LogP contribution in [-0.4, -0.2) is 26.5 Å². The van der Waals surface area contributed by atoms with Gasteiger partial charge in [0.25, 0.3) is 0 Å². The van der Waals surface area contributed by atoms with Crippen LogP contribution < -0.4 is 14.7 Å². The SMILES string of the molecule is Cc1ccc(N2C=C(C=O)OCC2)c(CN2Cc3cc(Cl)ccc3N(C)Cc3cc(Cl)ccc32)c1. The molecule has 0 saturated carbocycles. The molecule has 0 fully saturated rings. The van der Waals surface area contributed by atoms with E-state index in [1.165, 1.54) is 22.3 Å². The first-order valence-electron chi connectivity index (χ1n) is 11.6. The minimum Gasteiger partial charge on any atom is -0.487 e. The quantitative estimate of drug-likeness (QED) is 0.385. The molecule has 5 rings (SSSR count). The van der Waals surface area contributed by atoms with Gasteiger partial charge in [-0.1, -0.05) is 40.9 Å². The van der Waals surface area contributed by atoms with Gasteiger partial charge in [-0.15, -0.1) is 0 Å². The fourth-order valence-corrected chi connectivity index (χ4v) is 5.30. The number of ether oxygens (including phenoxy) is 1. The Balaban J connectivity index is 1.59. The van der Waals surface area contributed by atoms with Gasteiger partial charge in [0.15, 0.2) is 12.0 Å². The molecule has 2 heterocycles. The van der Waals surface area contributed by atoms with Crippen LogP contribution in [-0.2, 0) is 29.2 Å². The number of halogens is 2. The van der Waals surface area contributed by atoms with Gasteiger partial charge in [-0.25, -0.2) is 0 Å². The lowest BCUT2D eigenvalue weighted by Gasteiger charge is -2.35. The van der Waals surface area contributed by atoms with Crippen molar-refractivity contribution in [2.24, 2.45) is 0 Å². The van der Waals surface area contributed by atoms with Gasteiger partial charge in [0.1, 0.15) is 6.61 Å². The second-order valence-corrected chi connectivity index (χ2v) is 9.95. The van der Waals surface area contributed by atoms with Gasteiger partial charge in [-0.2, -0.15) is 0 Å². The van der Waals surface area contributed by atoms with Crippen LogP contribution in [0.4, 0.5) is 17.1 Å². The van der Waals surface area contributed by atoms with Crippen molar-refractivity contribution < 1.29 is 9.53 Å². The van der Waals surface area contributed by atoms with Crippen molar-refractivity contribution in [3.05, 3.63) is 98.9 Å². The minimum absolute atomic E-state index is 0.348. The van der Waals surface area contributed by atoms with Crippen molar-refractivity contribution in [1.82, 2.24) is 0 Å². The summed E-state index contributed by atoms with van der Waals surface area (Å²) in [5.74, 6) is 0.348. The Morgan fingerprint density at radius 3 is 2.34 bits per heavy atom. The third-order valence-electron chi connectivity index (χ3n) is 6.51. The fraction of sp³-hybridized carbons (Fsp3) is 0.250. The fourth-order valence-electron chi connectivity index (χ4n) is 4.91. The first-order chi connectivity index (χ1) is 16.9. The summed E-state index contributed by atoms with van der Waals surface area (Å²) in [5.41, 5.74) is 8.06. The highest BCUT2D eigenvalue weighted by Crippen LogP contribution is 2.36. The van der Waals surface area contributed by atoms with Crippen molar-refractivity contribution in [2.45, 2.75) is 26.6 Å². The summed E-state index contributed by atoms with van der Waals surface area (Å²) < 4.78 is 5.45. The van der Waals surface area contributed by atoms with E-state index in [0.29, 0.717) is 32.0 Å². The third kappa shape index (κ3) is 4.97. The number of fused-ring (bicyclic) bond motifs is 2. The molecular weight excluding hydrogens is 481 g/mol. The zero-order chi connectivity index (χ0) is 24.5. The molecule has 3 aromatic carbocycles. The number of anilines is 3. The van der Waals surface area contributed by atoms with Crippen LogP contribution in [0, 0.1) is 6.92 Å². The summed E-state index contributed by atoms with van der Waals surface area (Å²) in [4.78, 5) is 18.1. The number of hydrogen-bond donors (Lipinski definition) is 0. The topological polar surface area (TPSA) is 36.0 Å². The van der Waals surface area contributed by atoms with Crippen LogP contribution in [0.25, 0.3) is 0 Å². The van der Waals surface area contributed by atoms with Gasteiger partial charge in [-0.05, 0) is 66.1 Å². The number of allylic oxidation sites excluding steroid dienone is 1.